The Morgan fingerprint density at radius 1 is 1.41 bits per heavy atom. The maximum Gasteiger partial charge on any atom is 0.150 e. The van der Waals surface area contributed by atoms with Crippen LogP contribution in [0.1, 0.15) is 16.8 Å². The third-order valence-electron chi connectivity index (χ3n) is 2.94. The zero-order valence-electron chi connectivity index (χ0n) is 8.87. The van der Waals surface area contributed by atoms with Gasteiger partial charge in [0.15, 0.2) is 9.84 Å². The number of hydrogen-bond acceptors (Lipinski definition) is 2. The Kier molecular flexibility index (Phi) is 4.23. The van der Waals surface area contributed by atoms with Gasteiger partial charge in [-0.1, -0.05) is 43.5 Å². The Morgan fingerprint density at radius 2 is 2.12 bits per heavy atom. The molecular formula is C11H11Br2ClO2S. The van der Waals surface area contributed by atoms with Crippen molar-refractivity contribution in [3.05, 3.63) is 33.3 Å². The fourth-order valence-corrected chi connectivity index (χ4v) is 5.93. The van der Waals surface area contributed by atoms with Crippen molar-refractivity contribution in [3.63, 3.8) is 0 Å². The summed E-state index contributed by atoms with van der Waals surface area (Å²) in [5, 5.41) is 0.661. The van der Waals surface area contributed by atoms with Gasteiger partial charge >= 0.3 is 0 Å². The Balaban J connectivity index is 2.26. The number of alkyl halides is 1. The monoisotopic (exact) mass is 400 g/mol. The Labute approximate surface area is 123 Å². The SMILES string of the molecule is O=S1(=O)CCC(C(Br)c2cc(Cl)ccc2Br)C1. The first-order valence-electron chi connectivity index (χ1n) is 5.18. The van der Waals surface area contributed by atoms with Crippen LogP contribution < -0.4 is 0 Å². The predicted molar refractivity (Wildman–Crippen MR) is 77.6 cm³/mol. The molecule has 2 atom stereocenters. The summed E-state index contributed by atoms with van der Waals surface area (Å²) < 4.78 is 23.9. The molecule has 1 aromatic carbocycles. The summed E-state index contributed by atoms with van der Waals surface area (Å²) in [4.78, 5) is 0.0212. The zero-order chi connectivity index (χ0) is 12.6. The molecule has 1 aliphatic heterocycles. The number of rotatable bonds is 2. The van der Waals surface area contributed by atoms with E-state index in [2.05, 4.69) is 31.9 Å². The number of hydrogen-bond donors (Lipinski definition) is 0. The van der Waals surface area contributed by atoms with Gasteiger partial charge < -0.3 is 0 Å². The molecule has 0 spiro atoms. The van der Waals surface area contributed by atoms with Gasteiger partial charge in [-0.25, -0.2) is 8.42 Å². The fourth-order valence-electron chi connectivity index (χ4n) is 2.03. The van der Waals surface area contributed by atoms with Crippen LogP contribution in [-0.2, 0) is 9.84 Å². The van der Waals surface area contributed by atoms with E-state index in [1.54, 1.807) is 6.07 Å². The van der Waals surface area contributed by atoms with Crippen LogP contribution in [0.3, 0.4) is 0 Å². The van der Waals surface area contributed by atoms with Crippen molar-refractivity contribution >= 4 is 53.3 Å². The van der Waals surface area contributed by atoms with Crippen LogP contribution in [0.25, 0.3) is 0 Å². The van der Waals surface area contributed by atoms with Gasteiger partial charge in [-0.05, 0) is 36.1 Å². The molecule has 0 aromatic heterocycles. The molecule has 1 fully saturated rings. The molecule has 1 aliphatic rings. The van der Waals surface area contributed by atoms with Crippen LogP contribution in [0.15, 0.2) is 22.7 Å². The first-order chi connectivity index (χ1) is 7.89. The van der Waals surface area contributed by atoms with Crippen LogP contribution >= 0.6 is 43.5 Å². The lowest BCUT2D eigenvalue weighted by molar-refractivity contribution is 0.579. The van der Waals surface area contributed by atoms with E-state index < -0.39 is 9.84 Å². The molecule has 1 saturated heterocycles. The maximum absolute atomic E-state index is 11.5. The molecule has 0 amide bonds. The molecule has 0 saturated carbocycles. The van der Waals surface area contributed by atoms with Gasteiger partial charge in [-0.15, -0.1) is 0 Å². The molecule has 1 heterocycles. The topological polar surface area (TPSA) is 34.1 Å². The van der Waals surface area contributed by atoms with Crippen LogP contribution in [0.4, 0.5) is 0 Å². The number of halogens is 3. The lowest BCUT2D eigenvalue weighted by atomic mass is 9.99. The average Bonchev–Trinajstić information content (AvgIpc) is 2.61. The minimum atomic E-state index is -2.85. The first-order valence-corrected chi connectivity index (χ1v) is 9.09. The second-order valence-corrected chi connectivity index (χ2v) is 8.74. The van der Waals surface area contributed by atoms with Gasteiger partial charge in [0.25, 0.3) is 0 Å². The largest absolute Gasteiger partial charge is 0.229 e. The van der Waals surface area contributed by atoms with Crippen LogP contribution in [0.5, 0.6) is 0 Å². The van der Waals surface area contributed by atoms with E-state index in [0.29, 0.717) is 11.4 Å². The van der Waals surface area contributed by atoms with E-state index in [-0.39, 0.29) is 22.3 Å². The quantitative estimate of drug-likeness (QED) is 0.702. The molecule has 17 heavy (non-hydrogen) atoms. The van der Waals surface area contributed by atoms with Crippen molar-refractivity contribution < 1.29 is 8.42 Å². The lowest BCUT2D eigenvalue weighted by Gasteiger charge is -2.18. The van der Waals surface area contributed by atoms with E-state index in [4.69, 9.17) is 11.6 Å². The lowest BCUT2D eigenvalue weighted by Crippen LogP contribution is -2.10. The molecule has 2 rings (SSSR count). The van der Waals surface area contributed by atoms with Crippen molar-refractivity contribution in [2.45, 2.75) is 11.2 Å². The van der Waals surface area contributed by atoms with Crippen molar-refractivity contribution in [2.24, 2.45) is 5.92 Å². The predicted octanol–water partition coefficient (Wildman–Crippen LogP) is 3.97. The smallest absolute Gasteiger partial charge is 0.150 e. The van der Waals surface area contributed by atoms with Gasteiger partial charge in [0.05, 0.1) is 11.5 Å². The molecule has 94 valence electrons. The normalized spacial score (nSPS) is 24.8. The molecule has 0 aliphatic carbocycles. The van der Waals surface area contributed by atoms with Gasteiger partial charge in [0.1, 0.15) is 0 Å². The highest BCUT2D eigenvalue weighted by Crippen LogP contribution is 2.41. The average molecular weight is 403 g/mol. The number of benzene rings is 1. The zero-order valence-corrected chi connectivity index (χ0v) is 13.6. The highest BCUT2D eigenvalue weighted by atomic mass is 79.9. The van der Waals surface area contributed by atoms with Gasteiger partial charge in [0.2, 0.25) is 0 Å². The molecule has 0 radical (unpaired) electrons. The van der Waals surface area contributed by atoms with Crippen molar-refractivity contribution in [3.8, 4) is 0 Å². The van der Waals surface area contributed by atoms with E-state index >= 15 is 0 Å². The second kappa shape index (κ2) is 5.19. The standard InChI is InChI=1S/C11H11Br2ClO2S/c12-10-2-1-8(14)5-9(10)11(13)7-3-4-17(15,16)6-7/h1-2,5,7,11H,3-4,6H2. The first kappa shape index (κ1) is 13.8. The van der Waals surface area contributed by atoms with E-state index in [1.807, 2.05) is 12.1 Å². The van der Waals surface area contributed by atoms with Crippen LogP contribution in [0, 0.1) is 5.92 Å². The minimum absolute atomic E-state index is 0.0212. The third kappa shape index (κ3) is 3.25. The molecule has 6 heteroatoms. The molecule has 2 nitrogen and oxygen atoms in total. The summed E-state index contributed by atoms with van der Waals surface area (Å²) in [6, 6.07) is 5.56. The maximum atomic E-state index is 11.5. The van der Waals surface area contributed by atoms with Crippen LogP contribution in [-0.4, -0.2) is 19.9 Å². The molecule has 1 aromatic rings. The number of sulfone groups is 1. The highest BCUT2D eigenvalue weighted by molar-refractivity contribution is 9.11. The fraction of sp³-hybridized carbons (Fsp3) is 0.455. The summed E-state index contributed by atoms with van der Waals surface area (Å²) >= 11 is 13.0. The molecule has 2 unspecified atom stereocenters. The van der Waals surface area contributed by atoms with Gasteiger partial charge in [-0.2, -0.15) is 0 Å². The van der Waals surface area contributed by atoms with Gasteiger partial charge in [0, 0.05) is 14.3 Å². The van der Waals surface area contributed by atoms with Crippen molar-refractivity contribution in [1.82, 2.24) is 0 Å². The van der Waals surface area contributed by atoms with Crippen LogP contribution in [0.2, 0.25) is 5.02 Å². The molecule has 0 N–H and O–H groups in total. The Morgan fingerprint density at radius 3 is 2.71 bits per heavy atom. The Bertz CT molecular complexity index is 530. The summed E-state index contributed by atoms with van der Waals surface area (Å²) in [6.45, 7) is 0. The summed E-state index contributed by atoms with van der Waals surface area (Å²) in [6.07, 6.45) is 0.706. The van der Waals surface area contributed by atoms with E-state index in [1.165, 1.54) is 0 Å². The van der Waals surface area contributed by atoms with Crippen molar-refractivity contribution in [1.29, 1.82) is 0 Å². The highest BCUT2D eigenvalue weighted by Gasteiger charge is 2.33. The summed E-state index contributed by atoms with van der Waals surface area (Å²) in [5.74, 6) is 0.662. The van der Waals surface area contributed by atoms with E-state index in [0.717, 1.165) is 10.0 Å². The third-order valence-corrected chi connectivity index (χ3v) is 6.93. The Hall–Kier alpha value is 0.420. The summed E-state index contributed by atoms with van der Waals surface area (Å²) in [7, 11) is -2.85. The van der Waals surface area contributed by atoms with E-state index in [9.17, 15) is 8.42 Å². The molecular weight excluding hydrogens is 391 g/mol. The summed E-state index contributed by atoms with van der Waals surface area (Å²) in [5.41, 5.74) is 1.01. The minimum Gasteiger partial charge on any atom is -0.229 e. The van der Waals surface area contributed by atoms with Crippen molar-refractivity contribution in [2.75, 3.05) is 11.5 Å². The molecule has 0 bridgehead atoms. The van der Waals surface area contributed by atoms with Gasteiger partial charge in [-0.3, -0.25) is 0 Å². The second-order valence-electron chi connectivity index (χ2n) is 4.23.